The van der Waals surface area contributed by atoms with Gasteiger partial charge in [-0.3, -0.25) is 0 Å². The fourth-order valence-electron chi connectivity index (χ4n) is 11.5. The van der Waals surface area contributed by atoms with Crippen molar-refractivity contribution in [3.05, 3.63) is 240 Å². The fourth-order valence-corrected chi connectivity index (χ4v) is 11.5. The van der Waals surface area contributed by atoms with E-state index in [1.54, 1.807) is 0 Å². The second kappa shape index (κ2) is 12.1. The van der Waals surface area contributed by atoms with Gasteiger partial charge in [0.25, 0.3) is 0 Å². The molecule has 1 unspecified atom stereocenters. The molecule has 9 aromatic carbocycles. The third-order valence-electron chi connectivity index (χ3n) is 14.0. The largest absolute Gasteiger partial charge is 0.310 e. The third kappa shape index (κ3) is 4.22. The van der Waals surface area contributed by atoms with E-state index < -0.39 is 5.41 Å². The van der Waals surface area contributed by atoms with Crippen LogP contribution in [0.3, 0.4) is 0 Å². The van der Waals surface area contributed by atoms with Crippen LogP contribution in [-0.2, 0) is 10.8 Å². The minimum atomic E-state index is -0.600. The highest BCUT2D eigenvalue weighted by molar-refractivity contribution is 6.13. The van der Waals surface area contributed by atoms with Crippen molar-refractivity contribution in [3.63, 3.8) is 0 Å². The Morgan fingerprint density at radius 2 is 0.983 bits per heavy atom. The first-order valence-corrected chi connectivity index (χ1v) is 21.1. The Morgan fingerprint density at radius 3 is 1.82 bits per heavy atom. The molecular weight excluding hydrogens is 725 g/mol. The molecule has 282 valence electrons. The maximum absolute atomic E-state index is 2.55. The highest BCUT2D eigenvalue weighted by atomic mass is 15.1. The van der Waals surface area contributed by atoms with Crippen molar-refractivity contribution >= 4 is 38.9 Å². The van der Waals surface area contributed by atoms with E-state index in [2.05, 4.69) is 230 Å². The summed E-state index contributed by atoms with van der Waals surface area (Å²) in [5, 5.41) is 2.57. The lowest BCUT2D eigenvalue weighted by molar-refractivity contribution is 0.660. The first-order chi connectivity index (χ1) is 29.5. The van der Waals surface area contributed by atoms with Crippen LogP contribution in [-0.4, -0.2) is 4.57 Å². The van der Waals surface area contributed by atoms with Crippen molar-refractivity contribution in [2.24, 2.45) is 0 Å². The van der Waals surface area contributed by atoms with Crippen LogP contribution >= 0.6 is 0 Å². The van der Waals surface area contributed by atoms with E-state index in [1.807, 2.05) is 0 Å². The summed E-state index contributed by atoms with van der Waals surface area (Å²) in [4.78, 5) is 2.55. The van der Waals surface area contributed by atoms with Crippen LogP contribution in [0.5, 0.6) is 0 Å². The standard InChI is InChI=1S/C58H40N2/c1-57(2)47-23-9-6-18-41(47)43-35-34-40(36-51(43)57)59(39-32-30-38(31-33-39)37-16-4-3-5-17-37)54-29-15-21-45-42-19-7-10-24-48(42)58(55(45)54)49-25-11-13-28-53(49)60-52-27-12-8-20-44(52)46-22-14-26-50(58)56(46)60/h3-36H,1-2H3. The smallest absolute Gasteiger partial charge is 0.0775 e. The summed E-state index contributed by atoms with van der Waals surface area (Å²) in [5.41, 5.74) is 22.1. The van der Waals surface area contributed by atoms with Gasteiger partial charge in [0, 0.05) is 33.1 Å². The van der Waals surface area contributed by atoms with Gasteiger partial charge in [-0.15, -0.1) is 0 Å². The monoisotopic (exact) mass is 764 g/mol. The summed E-state index contributed by atoms with van der Waals surface area (Å²) in [6, 6.07) is 77.3. The second-order valence-corrected chi connectivity index (χ2v) is 17.2. The number of anilines is 3. The molecule has 0 saturated carbocycles. The van der Waals surface area contributed by atoms with E-state index >= 15 is 0 Å². The Bertz CT molecular complexity index is 3400. The quantitative estimate of drug-likeness (QED) is 0.173. The molecule has 0 bridgehead atoms. The zero-order chi connectivity index (χ0) is 39.7. The normalized spacial score (nSPS) is 16.0. The number of nitrogens with zero attached hydrogens (tertiary/aromatic N) is 2. The van der Waals surface area contributed by atoms with E-state index in [-0.39, 0.29) is 5.41 Å². The molecule has 3 aliphatic rings. The molecule has 10 aromatic rings. The molecule has 0 radical (unpaired) electrons. The number of para-hydroxylation sites is 3. The predicted molar refractivity (Wildman–Crippen MR) is 249 cm³/mol. The maximum Gasteiger partial charge on any atom is 0.0775 e. The van der Waals surface area contributed by atoms with Gasteiger partial charge < -0.3 is 9.47 Å². The zero-order valence-corrected chi connectivity index (χ0v) is 33.5. The molecule has 2 aliphatic carbocycles. The number of aromatic nitrogens is 1. The van der Waals surface area contributed by atoms with Crippen LogP contribution in [0, 0.1) is 0 Å². The molecule has 1 spiro atoms. The molecule has 13 rings (SSSR count). The van der Waals surface area contributed by atoms with E-state index in [4.69, 9.17) is 0 Å². The van der Waals surface area contributed by atoms with Crippen molar-refractivity contribution < 1.29 is 0 Å². The third-order valence-corrected chi connectivity index (χ3v) is 14.0. The lowest BCUT2D eigenvalue weighted by Crippen LogP contribution is -2.34. The number of rotatable bonds is 4. The Labute approximate surface area is 350 Å². The van der Waals surface area contributed by atoms with Crippen molar-refractivity contribution in [2.75, 3.05) is 4.90 Å². The molecule has 1 aliphatic heterocycles. The molecule has 0 fully saturated rings. The molecule has 2 heterocycles. The molecule has 2 heteroatoms. The Hall–Kier alpha value is -7.42. The average Bonchev–Trinajstić information content (AvgIpc) is 3.89. The van der Waals surface area contributed by atoms with Gasteiger partial charge in [-0.2, -0.15) is 0 Å². The maximum atomic E-state index is 2.55. The van der Waals surface area contributed by atoms with E-state index in [9.17, 15) is 0 Å². The summed E-state index contributed by atoms with van der Waals surface area (Å²) in [5.74, 6) is 0. The number of benzene rings is 9. The van der Waals surface area contributed by atoms with Gasteiger partial charge in [-0.05, 0) is 104 Å². The summed E-state index contributed by atoms with van der Waals surface area (Å²) in [7, 11) is 0. The predicted octanol–water partition coefficient (Wildman–Crippen LogP) is 14.9. The minimum Gasteiger partial charge on any atom is -0.310 e. The Morgan fingerprint density at radius 1 is 0.400 bits per heavy atom. The van der Waals surface area contributed by atoms with E-state index in [1.165, 1.54) is 99.9 Å². The van der Waals surface area contributed by atoms with Crippen molar-refractivity contribution in [2.45, 2.75) is 24.7 Å². The van der Waals surface area contributed by atoms with Crippen LogP contribution in [0.15, 0.2) is 206 Å². The SMILES string of the molecule is CC1(C)c2ccccc2-c2ccc(N(c3ccc(-c4ccccc4)cc3)c3cccc4c3C3(c5ccccc5-4)c4ccccc4-n4c5ccccc5c5cccc3c54)cc21. The second-order valence-electron chi connectivity index (χ2n) is 17.2. The first-order valence-electron chi connectivity index (χ1n) is 21.1. The van der Waals surface area contributed by atoms with Gasteiger partial charge in [0.05, 0.1) is 27.8 Å². The topological polar surface area (TPSA) is 8.17 Å². The van der Waals surface area contributed by atoms with E-state index in [0.717, 1.165) is 11.4 Å². The van der Waals surface area contributed by atoms with Crippen molar-refractivity contribution in [3.8, 4) is 39.1 Å². The number of fused-ring (bicyclic) bond motifs is 15. The average molecular weight is 765 g/mol. The fraction of sp³-hybridized carbons (Fsp3) is 0.0690. The Kier molecular flexibility index (Phi) is 6.74. The van der Waals surface area contributed by atoms with Crippen LogP contribution < -0.4 is 4.90 Å². The van der Waals surface area contributed by atoms with E-state index in [0.29, 0.717) is 0 Å². The van der Waals surface area contributed by atoms with Crippen molar-refractivity contribution in [1.82, 2.24) is 4.57 Å². The summed E-state index contributed by atoms with van der Waals surface area (Å²) < 4.78 is 2.53. The van der Waals surface area contributed by atoms with Crippen LogP contribution in [0.2, 0.25) is 0 Å². The van der Waals surface area contributed by atoms with Gasteiger partial charge in [0.1, 0.15) is 0 Å². The van der Waals surface area contributed by atoms with Gasteiger partial charge in [0.2, 0.25) is 0 Å². The van der Waals surface area contributed by atoms with Crippen LogP contribution in [0.4, 0.5) is 17.1 Å². The number of hydrogen-bond acceptors (Lipinski definition) is 1. The zero-order valence-electron chi connectivity index (χ0n) is 33.5. The van der Waals surface area contributed by atoms with Gasteiger partial charge in [-0.1, -0.05) is 178 Å². The number of hydrogen-bond donors (Lipinski definition) is 0. The van der Waals surface area contributed by atoms with Crippen LogP contribution in [0.1, 0.15) is 47.2 Å². The molecule has 0 saturated heterocycles. The minimum absolute atomic E-state index is 0.147. The van der Waals surface area contributed by atoms with Gasteiger partial charge >= 0.3 is 0 Å². The first kappa shape index (κ1) is 33.5. The molecule has 1 aromatic heterocycles. The molecule has 60 heavy (non-hydrogen) atoms. The highest BCUT2D eigenvalue weighted by Crippen LogP contribution is 2.64. The lowest BCUT2D eigenvalue weighted by Gasteiger charge is -2.41. The van der Waals surface area contributed by atoms with Crippen LogP contribution in [0.25, 0.3) is 60.9 Å². The summed E-state index contributed by atoms with van der Waals surface area (Å²) >= 11 is 0. The summed E-state index contributed by atoms with van der Waals surface area (Å²) in [6.45, 7) is 4.76. The molecule has 1 atom stereocenters. The lowest BCUT2D eigenvalue weighted by atomic mass is 9.65. The Balaban J connectivity index is 1.14. The van der Waals surface area contributed by atoms with Crippen molar-refractivity contribution in [1.29, 1.82) is 0 Å². The highest BCUT2D eigenvalue weighted by Gasteiger charge is 2.52. The van der Waals surface area contributed by atoms with Gasteiger partial charge in [-0.25, -0.2) is 0 Å². The molecule has 0 amide bonds. The molecular formula is C58H40N2. The molecule has 2 nitrogen and oxygen atoms in total. The molecule has 0 N–H and O–H groups in total. The summed E-state index contributed by atoms with van der Waals surface area (Å²) in [6.07, 6.45) is 0. The van der Waals surface area contributed by atoms with Gasteiger partial charge in [0.15, 0.2) is 0 Å².